The molecule has 2 aromatic rings. The molecule has 0 unspecified atom stereocenters. The van der Waals surface area contributed by atoms with E-state index in [9.17, 15) is 18.0 Å². The topological polar surface area (TPSA) is 38.8 Å². The SMILES string of the molecule is COc1cc2c(c(OCC=C(C)C)c1)C(=O)N(Cc1cccc(C(F)(F)F)c1)CC2. The van der Waals surface area contributed by atoms with E-state index in [-0.39, 0.29) is 12.5 Å². The first-order valence-electron chi connectivity index (χ1n) is 9.61. The molecule has 160 valence electrons. The van der Waals surface area contributed by atoms with Crippen LogP contribution in [0.4, 0.5) is 13.2 Å². The zero-order valence-corrected chi connectivity index (χ0v) is 17.2. The molecule has 3 rings (SSSR count). The van der Waals surface area contributed by atoms with Crippen LogP contribution < -0.4 is 9.47 Å². The fourth-order valence-electron chi connectivity index (χ4n) is 3.35. The molecule has 0 fully saturated rings. The third-order valence-corrected chi connectivity index (χ3v) is 4.90. The molecular formula is C23H24F3NO3. The summed E-state index contributed by atoms with van der Waals surface area (Å²) in [5.41, 5.74) is 2.05. The third kappa shape index (κ3) is 4.96. The fraction of sp³-hybridized carbons (Fsp3) is 0.348. The minimum atomic E-state index is -4.42. The Kier molecular flexibility index (Phi) is 6.39. The molecule has 0 saturated carbocycles. The minimum Gasteiger partial charge on any atom is -0.497 e. The Bertz CT molecular complexity index is 963. The highest BCUT2D eigenvalue weighted by molar-refractivity contribution is 5.99. The van der Waals surface area contributed by atoms with Gasteiger partial charge in [-0.15, -0.1) is 0 Å². The number of hydrogen-bond acceptors (Lipinski definition) is 3. The number of amides is 1. The summed E-state index contributed by atoms with van der Waals surface area (Å²) >= 11 is 0. The van der Waals surface area contributed by atoms with Crippen molar-refractivity contribution in [3.8, 4) is 11.5 Å². The Morgan fingerprint density at radius 2 is 1.97 bits per heavy atom. The summed E-state index contributed by atoms with van der Waals surface area (Å²) in [6.45, 7) is 4.71. The van der Waals surface area contributed by atoms with E-state index in [1.54, 1.807) is 24.1 Å². The molecule has 1 amide bonds. The Hall–Kier alpha value is -2.96. The second-order valence-corrected chi connectivity index (χ2v) is 7.43. The van der Waals surface area contributed by atoms with Crippen molar-refractivity contribution in [2.45, 2.75) is 33.0 Å². The summed E-state index contributed by atoms with van der Waals surface area (Å²) in [5.74, 6) is 0.754. The van der Waals surface area contributed by atoms with Gasteiger partial charge in [-0.3, -0.25) is 4.79 Å². The van der Waals surface area contributed by atoms with Gasteiger partial charge in [-0.2, -0.15) is 13.2 Å². The van der Waals surface area contributed by atoms with E-state index in [0.29, 0.717) is 42.2 Å². The van der Waals surface area contributed by atoms with Crippen LogP contribution >= 0.6 is 0 Å². The van der Waals surface area contributed by atoms with E-state index in [0.717, 1.165) is 23.3 Å². The molecular weight excluding hydrogens is 395 g/mol. The van der Waals surface area contributed by atoms with Crippen molar-refractivity contribution in [3.63, 3.8) is 0 Å². The average Bonchev–Trinajstić information content (AvgIpc) is 2.69. The summed E-state index contributed by atoms with van der Waals surface area (Å²) in [7, 11) is 1.55. The van der Waals surface area contributed by atoms with Crippen molar-refractivity contribution in [3.05, 3.63) is 70.3 Å². The molecule has 0 radical (unpaired) electrons. The van der Waals surface area contributed by atoms with Crippen LogP contribution in [0.5, 0.6) is 11.5 Å². The molecule has 0 atom stereocenters. The number of benzene rings is 2. The number of halogens is 3. The number of alkyl halides is 3. The molecule has 0 saturated heterocycles. The summed E-state index contributed by atoms with van der Waals surface area (Å²) in [6.07, 6.45) is -1.95. The van der Waals surface area contributed by atoms with Gasteiger partial charge in [0.1, 0.15) is 18.1 Å². The second kappa shape index (κ2) is 8.81. The van der Waals surface area contributed by atoms with Crippen LogP contribution in [0.1, 0.15) is 40.9 Å². The zero-order valence-electron chi connectivity index (χ0n) is 17.2. The van der Waals surface area contributed by atoms with Crippen LogP contribution in [-0.2, 0) is 19.1 Å². The van der Waals surface area contributed by atoms with E-state index in [4.69, 9.17) is 9.47 Å². The van der Waals surface area contributed by atoms with E-state index in [1.807, 2.05) is 26.0 Å². The molecule has 7 heteroatoms. The predicted molar refractivity (Wildman–Crippen MR) is 108 cm³/mol. The highest BCUT2D eigenvalue weighted by Gasteiger charge is 2.32. The molecule has 2 aromatic carbocycles. The van der Waals surface area contributed by atoms with Crippen molar-refractivity contribution >= 4 is 5.91 Å². The summed E-state index contributed by atoms with van der Waals surface area (Å²) in [4.78, 5) is 14.7. The van der Waals surface area contributed by atoms with E-state index in [1.165, 1.54) is 6.07 Å². The second-order valence-electron chi connectivity index (χ2n) is 7.43. The number of methoxy groups -OCH3 is 1. The molecule has 0 spiro atoms. The van der Waals surface area contributed by atoms with Gasteiger partial charge in [-0.05, 0) is 55.7 Å². The number of allylic oxidation sites excluding steroid dienone is 1. The van der Waals surface area contributed by atoms with Crippen LogP contribution in [0.2, 0.25) is 0 Å². The molecule has 4 nitrogen and oxygen atoms in total. The van der Waals surface area contributed by atoms with E-state index < -0.39 is 11.7 Å². The lowest BCUT2D eigenvalue weighted by molar-refractivity contribution is -0.137. The molecule has 0 bridgehead atoms. The number of carbonyl (C=O) groups excluding carboxylic acids is 1. The van der Waals surface area contributed by atoms with E-state index in [2.05, 4.69) is 0 Å². The van der Waals surface area contributed by atoms with Crippen molar-refractivity contribution in [1.29, 1.82) is 0 Å². The van der Waals surface area contributed by atoms with Gasteiger partial charge in [0, 0.05) is 19.2 Å². The Morgan fingerprint density at radius 3 is 2.63 bits per heavy atom. The molecule has 1 aliphatic heterocycles. The number of ether oxygens (including phenoxy) is 2. The average molecular weight is 419 g/mol. The largest absolute Gasteiger partial charge is 0.497 e. The lowest BCUT2D eigenvalue weighted by atomic mass is 9.96. The molecule has 1 heterocycles. The summed E-state index contributed by atoms with van der Waals surface area (Å²) in [6, 6.07) is 8.55. The highest BCUT2D eigenvalue weighted by atomic mass is 19.4. The Morgan fingerprint density at radius 1 is 1.20 bits per heavy atom. The van der Waals surface area contributed by atoms with Crippen LogP contribution in [0.15, 0.2) is 48.0 Å². The molecule has 0 aliphatic carbocycles. The van der Waals surface area contributed by atoms with Gasteiger partial charge >= 0.3 is 6.18 Å². The maximum Gasteiger partial charge on any atom is 0.416 e. The van der Waals surface area contributed by atoms with Gasteiger partial charge in [0.15, 0.2) is 0 Å². The summed E-state index contributed by atoms with van der Waals surface area (Å²) < 4.78 is 50.2. The third-order valence-electron chi connectivity index (χ3n) is 4.90. The van der Waals surface area contributed by atoms with Gasteiger partial charge in [-0.25, -0.2) is 0 Å². The molecule has 0 aromatic heterocycles. The maximum absolute atomic E-state index is 13.2. The molecule has 0 N–H and O–H groups in total. The number of nitrogens with zero attached hydrogens (tertiary/aromatic N) is 1. The quantitative estimate of drug-likeness (QED) is 0.600. The summed E-state index contributed by atoms with van der Waals surface area (Å²) in [5, 5.41) is 0. The number of fused-ring (bicyclic) bond motifs is 1. The van der Waals surface area contributed by atoms with Gasteiger partial charge in [0.2, 0.25) is 0 Å². The van der Waals surface area contributed by atoms with Crippen LogP contribution in [0.3, 0.4) is 0 Å². The van der Waals surface area contributed by atoms with Crippen molar-refractivity contribution in [2.24, 2.45) is 0 Å². The first-order valence-corrected chi connectivity index (χ1v) is 9.61. The predicted octanol–water partition coefficient (Wildman–Crippen LogP) is 5.26. The number of hydrogen-bond donors (Lipinski definition) is 0. The lowest BCUT2D eigenvalue weighted by Crippen LogP contribution is -2.37. The minimum absolute atomic E-state index is 0.0988. The van der Waals surface area contributed by atoms with Crippen molar-refractivity contribution in [2.75, 3.05) is 20.3 Å². The fourth-order valence-corrected chi connectivity index (χ4v) is 3.35. The van der Waals surface area contributed by atoms with Crippen LogP contribution in [0, 0.1) is 0 Å². The Labute approximate surface area is 173 Å². The first-order chi connectivity index (χ1) is 14.2. The smallest absolute Gasteiger partial charge is 0.416 e. The van der Waals surface area contributed by atoms with Crippen molar-refractivity contribution in [1.82, 2.24) is 4.90 Å². The van der Waals surface area contributed by atoms with Gasteiger partial charge < -0.3 is 14.4 Å². The van der Waals surface area contributed by atoms with Crippen LogP contribution in [0.25, 0.3) is 0 Å². The lowest BCUT2D eigenvalue weighted by Gasteiger charge is -2.30. The molecule has 30 heavy (non-hydrogen) atoms. The maximum atomic E-state index is 13.2. The monoisotopic (exact) mass is 419 g/mol. The van der Waals surface area contributed by atoms with Crippen LogP contribution in [-0.4, -0.2) is 31.1 Å². The molecule has 1 aliphatic rings. The van der Waals surface area contributed by atoms with Gasteiger partial charge in [-0.1, -0.05) is 17.7 Å². The zero-order chi connectivity index (χ0) is 21.9. The first kappa shape index (κ1) is 21.7. The Balaban J connectivity index is 1.88. The number of carbonyl (C=O) groups is 1. The highest BCUT2D eigenvalue weighted by Crippen LogP contribution is 2.34. The standard InChI is InChI=1S/C23H24F3NO3/c1-15(2)8-10-30-20-13-19(29-3)12-17-7-9-27(22(28)21(17)20)14-16-5-4-6-18(11-16)23(24,25)26/h4-6,8,11-13H,7,9-10,14H2,1-3H3. The number of rotatable bonds is 6. The van der Waals surface area contributed by atoms with Gasteiger partial charge in [0.25, 0.3) is 5.91 Å². The van der Waals surface area contributed by atoms with Gasteiger partial charge in [0.05, 0.1) is 18.2 Å². The van der Waals surface area contributed by atoms with E-state index >= 15 is 0 Å². The van der Waals surface area contributed by atoms with Crippen molar-refractivity contribution < 1.29 is 27.4 Å². The normalized spacial score (nSPS) is 13.7.